The van der Waals surface area contributed by atoms with Gasteiger partial charge in [0.15, 0.2) is 0 Å². The van der Waals surface area contributed by atoms with Gasteiger partial charge >= 0.3 is 0 Å². The van der Waals surface area contributed by atoms with E-state index in [0.717, 1.165) is 0 Å². The average molecular weight is 251 g/mol. The number of fused-ring (bicyclic) bond motifs is 1. The van der Waals surface area contributed by atoms with E-state index in [2.05, 4.69) is 14.9 Å². The van der Waals surface area contributed by atoms with Crippen LogP contribution in [0.2, 0.25) is 0 Å². The molecule has 96 valence electrons. The lowest BCUT2D eigenvalue weighted by Crippen LogP contribution is -1.98. The van der Waals surface area contributed by atoms with Crippen LogP contribution in [0.1, 0.15) is 13.8 Å². The van der Waals surface area contributed by atoms with Gasteiger partial charge in [-0.2, -0.15) is 5.10 Å². The number of carbonyl (C=O) groups is 1. The highest BCUT2D eigenvalue weighted by atomic mass is 16.6. The summed E-state index contributed by atoms with van der Waals surface area (Å²) < 4.78 is 4.36. The first-order valence-electron chi connectivity index (χ1n) is 5.22. The second-order valence-electron chi connectivity index (χ2n) is 3.65. The van der Waals surface area contributed by atoms with Crippen LogP contribution in [-0.4, -0.2) is 27.7 Å². The number of non-ortho nitro benzene ring substituents is 1. The summed E-state index contributed by atoms with van der Waals surface area (Å²) in [5.74, 6) is 0. The Morgan fingerprint density at radius 1 is 1.50 bits per heavy atom. The molecule has 0 saturated heterocycles. The number of benzene rings is 1. The van der Waals surface area contributed by atoms with Crippen molar-refractivity contribution in [1.82, 2.24) is 10.2 Å². The molecule has 0 radical (unpaired) electrons. The molecule has 1 aromatic heterocycles. The first kappa shape index (κ1) is 13.6. The number of aromatic nitrogens is 2. The zero-order valence-electron chi connectivity index (χ0n) is 9.99. The van der Waals surface area contributed by atoms with E-state index in [-0.39, 0.29) is 11.8 Å². The quantitative estimate of drug-likeness (QED) is 0.511. The molecule has 2 rings (SSSR count). The van der Waals surface area contributed by atoms with Crippen molar-refractivity contribution in [3.63, 3.8) is 0 Å². The number of nitro benzene ring substituents is 1. The average Bonchev–Trinajstić information content (AvgIpc) is 2.76. The Hall–Kier alpha value is -2.44. The number of nitrogens with zero attached hydrogens (tertiary/aromatic N) is 2. The maximum Gasteiger partial charge on any atom is 0.293 e. The Balaban J connectivity index is 0.000000232. The van der Waals surface area contributed by atoms with Gasteiger partial charge in [0, 0.05) is 6.07 Å². The number of hydrogen-bond donors (Lipinski definition) is 1. The van der Waals surface area contributed by atoms with Gasteiger partial charge in [0.25, 0.3) is 12.2 Å². The molecule has 0 unspecified atom stereocenters. The van der Waals surface area contributed by atoms with E-state index in [1.54, 1.807) is 26.0 Å². The van der Waals surface area contributed by atoms with Crippen LogP contribution in [0.5, 0.6) is 0 Å². The molecule has 0 aliphatic heterocycles. The third kappa shape index (κ3) is 3.55. The summed E-state index contributed by atoms with van der Waals surface area (Å²) in [4.78, 5) is 19.5. The Bertz CT molecular complexity index is 536. The van der Waals surface area contributed by atoms with Crippen molar-refractivity contribution in [1.29, 1.82) is 0 Å². The van der Waals surface area contributed by atoms with E-state index in [4.69, 9.17) is 0 Å². The predicted octanol–water partition coefficient (Wildman–Crippen LogP) is 2.04. The van der Waals surface area contributed by atoms with Crippen LogP contribution in [0.15, 0.2) is 24.4 Å². The summed E-state index contributed by atoms with van der Waals surface area (Å²) in [7, 11) is 0. The molecular weight excluding hydrogens is 238 g/mol. The van der Waals surface area contributed by atoms with E-state index >= 15 is 0 Å². The van der Waals surface area contributed by atoms with Crippen molar-refractivity contribution in [2.45, 2.75) is 20.0 Å². The molecule has 0 spiro atoms. The second kappa shape index (κ2) is 6.33. The number of H-pyrrole nitrogens is 1. The third-order valence-corrected chi connectivity index (χ3v) is 1.99. The Kier molecular flexibility index (Phi) is 4.79. The zero-order valence-corrected chi connectivity index (χ0v) is 9.99. The summed E-state index contributed by atoms with van der Waals surface area (Å²) >= 11 is 0. The number of aromatic amines is 1. The molecule has 0 atom stereocenters. The van der Waals surface area contributed by atoms with E-state index in [1.165, 1.54) is 12.3 Å². The maximum atomic E-state index is 10.5. The van der Waals surface area contributed by atoms with E-state index in [0.29, 0.717) is 17.4 Å². The highest BCUT2D eigenvalue weighted by Gasteiger charge is 2.11. The molecule has 0 aliphatic carbocycles. The van der Waals surface area contributed by atoms with Crippen molar-refractivity contribution >= 4 is 23.1 Å². The fourth-order valence-corrected chi connectivity index (χ4v) is 1.22. The topological polar surface area (TPSA) is 98.1 Å². The highest BCUT2D eigenvalue weighted by Crippen LogP contribution is 2.22. The maximum absolute atomic E-state index is 10.5. The standard InChI is InChI=1S/C7H5N3O2.C4H8O2/c11-10(12)7-3-1-2-6-5(7)4-8-9-6;1-4(2)6-3-5/h1-4H,(H,8,9);3-4H,1-2H3. The number of ether oxygens (including phenoxy) is 1. The van der Waals surface area contributed by atoms with Crippen LogP contribution >= 0.6 is 0 Å². The van der Waals surface area contributed by atoms with Gasteiger partial charge in [-0.25, -0.2) is 0 Å². The predicted molar refractivity (Wildman–Crippen MR) is 65.0 cm³/mol. The SMILES string of the molecule is CC(C)OC=O.O=[N+]([O-])c1cccc2[nH]ncc12. The van der Waals surface area contributed by atoms with E-state index < -0.39 is 4.92 Å². The lowest BCUT2D eigenvalue weighted by atomic mass is 10.2. The number of rotatable bonds is 3. The van der Waals surface area contributed by atoms with Gasteiger partial charge in [-0.15, -0.1) is 0 Å². The minimum absolute atomic E-state index is 0.0301. The van der Waals surface area contributed by atoms with Crippen LogP contribution in [0, 0.1) is 10.1 Å². The minimum Gasteiger partial charge on any atom is -0.465 e. The van der Waals surface area contributed by atoms with Gasteiger partial charge in [-0.05, 0) is 19.9 Å². The van der Waals surface area contributed by atoms with Gasteiger partial charge < -0.3 is 4.74 Å². The van der Waals surface area contributed by atoms with Crippen LogP contribution in [0.4, 0.5) is 5.69 Å². The van der Waals surface area contributed by atoms with E-state index in [1.807, 2.05) is 0 Å². The molecule has 1 N–H and O–H groups in total. The largest absolute Gasteiger partial charge is 0.465 e. The molecule has 1 aromatic carbocycles. The zero-order chi connectivity index (χ0) is 13.5. The Morgan fingerprint density at radius 2 is 2.22 bits per heavy atom. The molecule has 0 bridgehead atoms. The molecule has 2 aromatic rings. The fraction of sp³-hybridized carbons (Fsp3) is 0.273. The second-order valence-corrected chi connectivity index (χ2v) is 3.65. The van der Waals surface area contributed by atoms with Crippen molar-refractivity contribution in [3.05, 3.63) is 34.5 Å². The number of carbonyl (C=O) groups excluding carboxylic acids is 1. The number of nitrogens with one attached hydrogen (secondary N) is 1. The Labute approximate surface area is 103 Å². The first-order chi connectivity index (χ1) is 8.56. The molecule has 0 saturated carbocycles. The molecule has 0 amide bonds. The van der Waals surface area contributed by atoms with Crippen molar-refractivity contribution < 1.29 is 14.5 Å². The first-order valence-corrected chi connectivity index (χ1v) is 5.22. The van der Waals surface area contributed by atoms with Gasteiger partial charge in [0.1, 0.15) is 0 Å². The normalized spacial score (nSPS) is 9.72. The molecule has 1 heterocycles. The van der Waals surface area contributed by atoms with Gasteiger partial charge in [-0.1, -0.05) is 6.07 Å². The monoisotopic (exact) mass is 251 g/mol. The number of nitro groups is 1. The lowest BCUT2D eigenvalue weighted by Gasteiger charge is -1.96. The number of hydrogen-bond acceptors (Lipinski definition) is 5. The van der Waals surface area contributed by atoms with Crippen LogP contribution in [-0.2, 0) is 9.53 Å². The molecule has 0 aliphatic rings. The summed E-state index contributed by atoms with van der Waals surface area (Å²) in [6.45, 7) is 4.05. The van der Waals surface area contributed by atoms with E-state index in [9.17, 15) is 14.9 Å². The lowest BCUT2D eigenvalue weighted by molar-refractivity contribution is -0.383. The Morgan fingerprint density at radius 3 is 2.72 bits per heavy atom. The van der Waals surface area contributed by atoms with Gasteiger partial charge in [0.2, 0.25) is 0 Å². The van der Waals surface area contributed by atoms with Crippen molar-refractivity contribution in [3.8, 4) is 0 Å². The summed E-state index contributed by atoms with van der Waals surface area (Å²) in [5, 5.41) is 17.4. The molecule has 7 nitrogen and oxygen atoms in total. The van der Waals surface area contributed by atoms with Gasteiger partial charge in [-0.3, -0.25) is 20.0 Å². The van der Waals surface area contributed by atoms with Crippen LogP contribution in [0.25, 0.3) is 10.9 Å². The third-order valence-electron chi connectivity index (χ3n) is 1.99. The summed E-state index contributed by atoms with van der Waals surface area (Å²) in [5.41, 5.74) is 0.769. The van der Waals surface area contributed by atoms with Crippen LogP contribution in [0.3, 0.4) is 0 Å². The summed E-state index contributed by atoms with van der Waals surface area (Å²) in [6, 6.07) is 4.83. The molecule has 0 fully saturated rings. The van der Waals surface area contributed by atoms with Crippen molar-refractivity contribution in [2.24, 2.45) is 0 Å². The molecule has 18 heavy (non-hydrogen) atoms. The van der Waals surface area contributed by atoms with Crippen molar-refractivity contribution in [2.75, 3.05) is 0 Å². The molecular formula is C11H13N3O4. The minimum atomic E-state index is -0.419. The molecule has 7 heteroatoms. The van der Waals surface area contributed by atoms with Crippen LogP contribution < -0.4 is 0 Å². The fourth-order valence-electron chi connectivity index (χ4n) is 1.22. The van der Waals surface area contributed by atoms with Gasteiger partial charge in [0.05, 0.1) is 28.1 Å². The highest BCUT2D eigenvalue weighted by molar-refractivity contribution is 5.87. The summed E-state index contributed by atoms with van der Waals surface area (Å²) in [6.07, 6.45) is 1.48. The smallest absolute Gasteiger partial charge is 0.293 e.